The van der Waals surface area contributed by atoms with Crippen molar-refractivity contribution in [1.82, 2.24) is 14.6 Å². The summed E-state index contributed by atoms with van der Waals surface area (Å²) in [5.41, 5.74) is 0.783. The Kier molecular flexibility index (Phi) is 3.61. The van der Waals surface area contributed by atoms with Gasteiger partial charge in [0.2, 0.25) is 0 Å². The van der Waals surface area contributed by atoms with E-state index in [0.717, 1.165) is 17.0 Å². The standard InChI is InChI=1S/C16H24N4O2/c1-5-22-13-9-16(21,15(13,3)4)10-18-14-12-8-11(2)19-20(12)7-6-17-14/h6-8,13,21H,5,9-10H2,1-4H3,(H,17,18)/t13-,16-/m1/s1. The lowest BCUT2D eigenvalue weighted by molar-refractivity contribution is -0.233. The van der Waals surface area contributed by atoms with Gasteiger partial charge in [-0.1, -0.05) is 13.8 Å². The average Bonchev–Trinajstić information content (AvgIpc) is 2.85. The molecule has 22 heavy (non-hydrogen) atoms. The predicted molar refractivity (Wildman–Crippen MR) is 85.0 cm³/mol. The largest absolute Gasteiger partial charge is 0.387 e. The first-order valence-electron chi connectivity index (χ1n) is 7.76. The van der Waals surface area contributed by atoms with Crippen LogP contribution in [0.3, 0.4) is 0 Å². The smallest absolute Gasteiger partial charge is 0.152 e. The second-order valence-electron chi connectivity index (χ2n) is 6.65. The van der Waals surface area contributed by atoms with Crippen LogP contribution in [0, 0.1) is 12.3 Å². The van der Waals surface area contributed by atoms with Crippen LogP contribution >= 0.6 is 0 Å². The molecule has 2 aromatic rings. The van der Waals surface area contributed by atoms with Gasteiger partial charge in [-0.05, 0) is 19.9 Å². The second-order valence-corrected chi connectivity index (χ2v) is 6.65. The molecule has 0 spiro atoms. The summed E-state index contributed by atoms with van der Waals surface area (Å²) in [6, 6.07) is 1.98. The number of anilines is 1. The molecule has 2 heterocycles. The molecule has 0 amide bonds. The number of aromatic nitrogens is 3. The van der Waals surface area contributed by atoms with Crippen molar-refractivity contribution in [3.63, 3.8) is 0 Å². The van der Waals surface area contributed by atoms with E-state index in [2.05, 4.69) is 29.2 Å². The quantitative estimate of drug-likeness (QED) is 0.884. The number of hydrogen-bond donors (Lipinski definition) is 2. The van der Waals surface area contributed by atoms with Crippen LogP contribution in [-0.4, -0.2) is 44.6 Å². The Labute approximate surface area is 130 Å². The molecule has 1 fully saturated rings. The maximum absolute atomic E-state index is 10.9. The van der Waals surface area contributed by atoms with Crippen LogP contribution in [0.25, 0.3) is 5.52 Å². The van der Waals surface area contributed by atoms with Crippen molar-refractivity contribution in [3.8, 4) is 0 Å². The first-order chi connectivity index (χ1) is 10.4. The predicted octanol–water partition coefficient (Wildman–Crippen LogP) is 2.02. The minimum Gasteiger partial charge on any atom is -0.387 e. The lowest BCUT2D eigenvalue weighted by atomic mass is 9.56. The fraction of sp³-hybridized carbons (Fsp3) is 0.625. The fourth-order valence-electron chi connectivity index (χ4n) is 3.17. The number of aryl methyl sites for hydroxylation is 1. The van der Waals surface area contributed by atoms with Crippen LogP contribution in [0.4, 0.5) is 5.82 Å². The molecule has 0 unspecified atom stereocenters. The van der Waals surface area contributed by atoms with Crippen molar-refractivity contribution in [2.45, 2.75) is 45.8 Å². The Balaban J connectivity index is 1.75. The monoisotopic (exact) mass is 304 g/mol. The number of nitrogens with one attached hydrogen (secondary N) is 1. The third-order valence-corrected chi connectivity index (χ3v) is 4.96. The summed E-state index contributed by atoms with van der Waals surface area (Å²) in [5, 5.41) is 18.5. The summed E-state index contributed by atoms with van der Waals surface area (Å²) in [4.78, 5) is 4.37. The van der Waals surface area contributed by atoms with Gasteiger partial charge < -0.3 is 15.2 Å². The highest BCUT2D eigenvalue weighted by Gasteiger charge is 2.59. The normalized spacial score (nSPS) is 26.9. The third-order valence-electron chi connectivity index (χ3n) is 4.96. The fourth-order valence-corrected chi connectivity index (χ4v) is 3.17. The molecular formula is C16H24N4O2. The molecule has 0 aromatic carbocycles. The molecule has 0 radical (unpaired) electrons. The highest BCUT2D eigenvalue weighted by molar-refractivity contribution is 5.67. The van der Waals surface area contributed by atoms with E-state index in [0.29, 0.717) is 19.6 Å². The molecule has 1 aliphatic carbocycles. The van der Waals surface area contributed by atoms with Gasteiger partial charge in [-0.15, -0.1) is 0 Å². The van der Waals surface area contributed by atoms with Crippen molar-refractivity contribution in [2.75, 3.05) is 18.5 Å². The molecule has 2 aromatic heterocycles. The summed E-state index contributed by atoms with van der Waals surface area (Å²) >= 11 is 0. The van der Waals surface area contributed by atoms with Gasteiger partial charge in [0.05, 0.1) is 17.4 Å². The highest BCUT2D eigenvalue weighted by atomic mass is 16.5. The van der Waals surface area contributed by atoms with E-state index in [1.807, 2.05) is 26.1 Å². The van der Waals surface area contributed by atoms with Gasteiger partial charge in [0, 0.05) is 37.4 Å². The second kappa shape index (κ2) is 5.21. The van der Waals surface area contributed by atoms with Crippen LogP contribution < -0.4 is 5.32 Å². The zero-order chi connectivity index (χ0) is 16.0. The zero-order valence-corrected chi connectivity index (χ0v) is 13.6. The molecule has 0 saturated heterocycles. The molecule has 1 saturated carbocycles. The Morgan fingerprint density at radius 3 is 2.95 bits per heavy atom. The molecule has 2 N–H and O–H groups in total. The molecular weight excluding hydrogens is 280 g/mol. The van der Waals surface area contributed by atoms with E-state index in [1.165, 1.54) is 0 Å². The summed E-state index contributed by atoms with van der Waals surface area (Å²) in [6.07, 6.45) is 4.27. The third kappa shape index (κ3) is 2.27. The zero-order valence-electron chi connectivity index (χ0n) is 13.6. The van der Waals surface area contributed by atoms with Crippen LogP contribution in [0.1, 0.15) is 32.9 Å². The lowest BCUT2D eigenvalue weighted by Crippen LogP contribution is -2.67. The number of hydrogen-bond acceptors (Lipinski definition) is 5. The van der Waals surface area contributed by atoms with Crippen molar-refractivity contribution >= 4 is 11.3 Å². The van der Waals surface area contributed by atoms with Gasteiger partial charge in [-0.3, -0.25) is 0 Å². The minimum atomic E-state index is -0.795. The molecule has 6 nitrogen and oxygen atoms in total. The van der Waals surface area contributed by atoms with Gasteiger partial charge in [0.25, 0.3) is 0 Å². The number of fused-ring (bicyclic) bond motifs is 1. The minimum absolute atomic E-state index is 0.102. The maximum Gasteiger partial charge on any atom is 0.152 e. The number of ether oxygens (including phenoxy) is 1. The van der Waals surface area contributed by atoms with Crippen molar-refractivity contribution in [3.05, 3.63) is 24.2 Å². The molecule has 3 rings (SSSR count). The summed E-state index contributed by atoms with van der Waals surface area (Å²) in [7, 11) is 0. The summed E-state index contributed by atoms with van der Waals surface area (Å²) < 4.78 is 7.49. The Hall–Kier alpha value is -1.66. The maximum atomic E-state index is 10.9. The van der Waals surface area contributed by atoms with E-state index in [-0.39, 0.29) is 11.5 Å². The Morgan fingerprint density at radius 2 is 2.27 bits per heavy atom. The van der Waals surface area contributed by atoms with Crippen molar-refractivity contribution in [1.29, 1.82) is 0 Å². The van der Waals surface area contributed by atoms with Gasteiger partial charge in [0.15, 0.2) is 5.82 Å². The van der Waals surface area contributed by atoms with Gasteiger partial charge in [-0.2, -0.15) is 5.10 Å². The SMILES string of the molecule is CCO[C@@H]1C[C@@](O)(CNc2nccn3nc(C)cc23)C1(C)C. The molecule has 2 atom stereocenters. The number of aliphatic hydroxyl groups is 1. The number of nitrogens with zero attached hydrogens (tertiary/aromatic N) is 3. The molecule has 0 bridgehead atoms. The van der Waals surface area contributed by atoms with E-state index in [4.69, 9.17) is 4.74 Å². The summed E-state index contributed by atoms with van der Waals surface area (Å²) in [5.74, 6) is 0.743. The van der Waals surface area contributed by atoms with Crippen LogP contribution in [0.15, 0.2) is 18.5 Å². The first-order valence-corrected chi connectivity index (χ1v) is 7.76. The van der Waals surface area contributed by atoms with Gasteiger partial charge in [-0.25, -0.2) is 9.50 Å². The lowest BCUT2D eigenvalue weighted by Gasteiger charge is -2.58. The first kappa shape index (κ1) is 15.2. The van der Waals surface area contributed by atoms with E-state index >= 15 is 0 Å². The van der Waals surface area contributed by atoms with Gasteiger partial charge in [0.1, 0.15) is 5.52 Å². The Morgan fingerprint density at radius 1 is 1.50 bits per heavy atom. The number of rotatable bonds is 5. The molecule has 0 aliphatic heterocycles. The van der Waals surface area contributed by atoms with E-state index in [9.17, 15) is 5.11 Å². The Bertz CT molecular complexity index is 682. The average molecular weight is 304 g/mol. The van der Waals surface area contributed by atoms with E-state index in [1.54, 1.807) is 10.7 Å². The summed E-state index contributed by atoms with van der Waals surface area (Å²) in [6.45, 7) is 9.16. The highest BCUT2D eigenvalue weighted by Crippen LogP contribution is 2.51. The van der Waals surface area contributed by atoms with E-state index < -0.39 is 5.60 Å². The van der Waals surface area contributed by atoms with Gasteiger partial charge >= 0.3 is 0 Å². The van der Waals surface area contributed by atoms with Crippen LogP contribution in [-0.2, 0) is 4.74 Å². The molecule has 120 valence electrons. The van der Waals surface area contributed by atoms with Crippen LogP contribution in [0.5, 0.6) is 0 Å². The molecule has 1 aliphatic rings. The molecule has 6 heteroatoms. The van der Waals surface area contributed by atoms with Crippen molar-refractivity contribution in [2.24, 2.45) is 5.41 Å². The van der Waals surface area contributed by atoms with Crippen LogP contribution in [0.2, 0.25) is 0 Å². The topological polar surface area (TPSA) is 71.7 Å². The van der Waals surface area contributed by atoms with Crippen molar-refractivity contribution < 1.29 is 9.84 Å².